The van der Waals surface area contributed by atoms with Gasteiger partial charge in [-0.3, -0.25) is 4.68 Å². The van der Waals surface area contributed by atoms with Gasteiger partial charge in [0.15, 0.2) is 10.8 Å². The summed E-state index contributed by atoms with van der Waals surface area (Å²) < 4.78 is 6.87. The van der Waals surface area contributed by atoms with Crippen molar-refractivity contribution in [2.45, 2.75) is 20.4 Å². The fourth-order valence-electron chi connectivity index (χ4n) is 1.48. The minimum Gasteiger partial charge on any atom is -0.459 e. The van der Waals surface area contributed by atoms with Crippen molar-refractivity contribution < 1.29 is 9.53 Å². The fraction of sp³-hybridized carbons (Fsp3) is 0.462. The van der Waals surface area contributed by atoms with Crippen LogP contribution in [-0.2, 0) is 11.3 Å². The quantitative estimate of drug-likeness (QED) is 0.793. The van der Waals surface area contributed by atoms with Gasteiger partial charge in [-0.25, -0.2) is 9.78 Å². The van der Waals surface area contributed by atoms with E-state index in [4.69, 9.17) is 4.74 Å². The molecule has 0 saturated carbocycles. The Kier molecular flexibility index (Phi) is 5.11. The van der Waals surface area contributed by atoms with E-state index in [1.165, 1.54) is 11.3 Å². The summed E-state index contributed by atoms with van der Waals surface area (Å²) in [4.78, 5) is 16.0. The van der Waals surface area contributed by atoms with Crippen molar-refractivity contribution in [3.8, 4) is 0 Å². The van der Waals surface area contributed by atoms with Crippen LogP contribution in [0.25, 0.3) is 0 Å². The van der Waals surface area contributed by atoms with Crippen LogP contribution in [0.3, 0.4) is 0 Å². The lowest BCUT2D eigenvalue weighted by atomic mass is 10.2. The molecule has 7 heteroatoms. The van der Waals surface area contributed by atoms with Gasteiger partial charge in [0.1, 0.15) is 6.61 Å². The largest absolute Gasteiger partial charge is 0.459 e. The Balaban J connectivity index is 1.77. The standard InChI is InChI=1S/C13H18N4O2S/c1-10(2)8-14-13-16-11(9-20-13)12(18)19-7-6-17-5-3-4-15-17/h3-5,9-10H,6-8H2,1-2H3,(H,14,16). The molecule has 0 fully saturated rings. The second kappa shape index (κ2) is 7.04. The second-order valence-electron chi connectivity index (χ2n) is 4.72. The van der Waals surface area contributed by atoms with Gasteiger partial charge in [0, 0.05) is 24.3 Å². The zero-order chi connectivity index (χ0) is 14.4. The number of nitrogens with one attached hydrogen (secondary N) is 1. The molecule has 0 aliphatic carbocycles. The predicted octanol–water partition coefficient (Wildman–Crippen LogP) is 2.26. The van der Waals surface area contributed by atoms with Crippen LogP contribution < -0.4 is 5.32 Å². The van der Waals surface area contributed by atoms with E-state index in [0.717, 1.165) is 11.7 Å². The van der Waals surface area contributed by atoms with Crippen LogP contribution in [0.2, 0.25) is 0 Å². The third-order valence-electron chi connectivity index (χ3n) is 2.49. The van der Waals surface area contributed by atoms with Crippen molar-refractivity contribution in [3.05, 3.63) is 29.5 Å². The van der Waals surface area contributed by atoms with E-state index in [1.807, 2.05) is 12.3 Å². The van der Waals surface area contributed by atoms with Gasteiger partial charge in [0.25, 0.3) is 0 Å². The zero-order valence-corrected chi connectivity index (χ0v) is 12.4. The molecule has 6 nitrogen and oxygen atoms in total. The smallest absolute Gasteiger partial charge is 0.357 e. The highest BCUT2D eigenvalue weighted by Gasteiger charge is 2.12. The molecule has 20 heavy (non-hydrogen) atoms. The van der Waals surface area contributed by atoms with Crippen molar-refractivity contribution in [1.82, 2.24) is 14.8 Å². The van der Waals surface area contributed by atoms with Crippen molar-refractivity contribution >= 4 is 22.4 Å². The van der Waals surface area contributed by atoms with E-state index in [9.17, 15) is 4.79 Å². The molecule has 0 bridgehead atoms. The summed E-state index contributed by atoms with van der Waals surface area (Å²) in [6.45, 7) is 5.89. The highest BCUT2D eigenvalue weighted by Crippen LogP contribution is 2.16. The first-order valence-electron chi connectivity index (χ1n) is 6.49. The molecule has 0 saturated heterocycles. The van der Waals surface area contributed by atoms with Gasteiger partial charge in [-0.2, -0.15) is 5.10 Å². The number of thiazole rings is 1. The molecule has 2 aromatic rings. The third kappa shape index (κ3) is 4.34. The first kappa shape index (κ1) is 14.5. The summed E-state index contributed by atoms with van der Waals surface area (Å²) in [6.07, 6.45) is 3.51. The molecule has 0 radical (unpaired) electrons. The maximum absolute atomic E-state index is 11.8. The number of esters is 1. The Hall–Kier alpha value is -1.89. The van der Waals surface area contributed by atoms with E-state index >= 15 is 0 Å². The maximum Gasteiger partial charge on any atom is 0.357 e. The molecule has 2 rings (SSSR count). The molecule has 0 amide bonds. The normalized spacial score (nSPS) is 10.8. The zero-order valence-electron chi connectivity index (χ0n) is 11.6. The number of aromatic nitrogens is 3. The van der Waals surface area contributed by atoms with E-state index < -0.39 is 5.97 Å². The molecular formula is C13H18N4O2S. The van der Waals surface area contributed by atoms with E-state index in [-0.39, 0.29) is 6.61 Å². The SMILES string of the molecule is CC(C)CNc1nc(C(=O)OCCn2cccn2)cs1. The van der Waals surface area contributed by atoms with Crippen LogP contribution in [0, 0.1) is 5.92 Å². The van der Waals surface area contributed by atoms with Crippen LogP contribution in [0.1, 0.15) is 24.3 Å². The molecular weight excluding hydrogens is 276 g/mol. The van der Waals surface area contributed by atoms with Gasteiger partial charge < -0.3 is 10.1 Å². The van der Waals surface area contributed by atoms with E-state index in [2.05, 4.69) is 29.2 Å². The minimum absolute atomic E-state index is 0.285. The van der Waals surface area contributed by atoms with Crippen molar-refractivity contribution in [2.24, 2.45) is 5.92 Å². The van der Waals surface area contributed by atoms with Gasteiger partial charge in [-0.1, -0.05) is 13.8 Å². The Labute approximate surface area is 121 Å². The van der Waals surface area contributed by atoms with E-state index in [1.54, 1.807) is 16.3 Å². The lowest BCUT2D eigenvalue weighted by Gasteiger charge is -2.05. The number of anilines is 1. The minimum atomic E-state index is -0.397. The number of ether oxygens (including phenoxy) is 1. The summed E-state index contributed by atoms with van der Waals surface area (Å²) >= 11 is 1.41. The average Bonchev–Trinajstić information content (AvgIpc) is 3.07. The number of nitrogens with zero attached hydrogens (tertiary/aromatic N) is 3. The Morgan fingerprint density at radius 2 is 2.40 bits per heavy atom. The lowest BCUT2D eigenvalue weighted by Crippen LogP contribution is -2.12. The maximum atomic E-state index is 11.8. The molecule has 1 N–H and O–H groups in total. The molecule has 0 spiro atoms. The topological polar surface area (TPSA) is 69.0 Å². The van der Waals surface area contributed by atoms with Crippen LogP contribution >= 0.6 is 11.3 Å². The molecule has 0 aliphatic rings. The lowest BCUT2D eigenvalue weighted by molar-refractivity contribution is 0.0482. The van der Waals surface area contributed by atoms with Gasteiger partial charge in [0.2, 0.25) is 0 Å². The molecule has 2 heterocycles. The van der Waals surface area contributed by atoms with Gasteiger partial charge in [0.05, 0.1) is 6.54 Å². The fourth-order valence-corrected chi connectivity index (χ4v) is 2.17. The molecule has 2 aromatic heterocycles. The summed E-state index contributed by atoms with van der Waals surface area (Å²) in [5, 5.41) is 9.67. The Morgan fingerprint density at radius 1 is 1.55 bits per heavy atom. The van der Waals surface area contributed by atoms with Crippen LogP contribution in [-0.4, -0.2) is 33.9 Å². The molecule has 0 aliphatic heterocycles. The first-order chi connectivity index (χ1) is 9.65. The van der Waals surface area contributed by atoms with Crippen molar-refractivity contribution in [2.75, 3.05) is 18.5 Å². The second-order valence-corrected chi connectivity index (χ2v) is 5.58. The Morgan fingerprint density at radius 3 is 3.10 bits per heavy atom. The molecule has 0 atom stereocenters. The van der Waals surface area contributed by atoms with Crippen LogP contribution in [0.4, 0.5) is 5.13 Å². The van der Waals surface area contributed by atoms with E-state index in [0.29, 0.717) is 18.2 Å². The summed E-state index contributed by atoms with van der Waals surface area (Å²) in [7, 11) is 0. The summed E-state index contributed by atoms with van der Waals surface area (Å²) in [6, 6.07) is 1.83. The highest BCUT2D eigenvalue weighted by molar-refractivity contribution is 7.13. The molecule has 0 unspecified atom stereocenters. The summed E-state index contributed by atoms with van der Waals surface area (Å²) in [5.41, 5.74) is 0.349. The summed E-state index contributed by atoms with van der Waals surface area (Å²) in [5.74, 6) is 0.134. The number of rotatable bonds is 7. The predicted molar refractivity (Wildman–Crippen MR) is 78.0 cm³/mol. The number of carbonyl (C=O) groups excluding carboxylic acids is 1. The average molecular weight is 294 g/mol. The first-order valence-corrected chi connectivity index (χ1v) is 7.37. The van der Waals surface area contributed by atoms with Crippen molar-refractivity contribution in [1.29, 1.82) is 0 Å². The molecule has 0 aromatic carbocycles. The number of carbonyl (C=O) groups is 1. The van der Waals surface area contributed by atoms with Gasteiger partial charge in [-0.15, -0.1) is 11.3 Å². The van der Waals surface area contributed by atoms with Crippen molar-refractivity contribution in [3.63, 3.8) is 0 Å². The number of hydrogen-bond donors (Lipinski definition) is 1. The number of hydrogen-bond acceptors (Lipinski definition) is 6. The molecule has 108 valence electrons. The highest BCUT2D eigenvalue weighted by atomic mass is 32.1. The third-order valence-corrected chi connectivity index (χ3v) is 3.29. The van der Waals surface area contributed by atoms with Gasteiger partial charge in [-0.05, 0) is 12.0 Å². The monoisotopic (exact) mass is 294 g/mol. The van der Waals surface area contributed by atoms with Crippen LogP contribution in [0.15, 0.2) is 23.8 Å². The van der Waals surface area contributed by atoms with Gasteiger partial charge >= 0.3 is 5.97 Å². The van der Waals surface area contributed by atoms with Crippen LogP contribution in [0.5, 0.6) is 0 Å². The Bertz CT molecular complexity index is 536.